The molecule has 0 saturated carbocycles. The predicted molar refractivity (Wildman–Crippen MR) is 92.6 cm³/mol. The van der Waals surface area contributed by atoms with Crippen LogP contribution in [0.5, 0.6) is 11.5 Å². The number of carbonyl (C=O) groups excluding carboxylic acids is 1. The highest BCUT2D eigenvalue weighted by Crippen LogP contribution is 2.29. The Labute approximate surface area is 143 Å². The molecule has 0 aliphatic carbocycles. The van der Waals surface area contributed by atoms with Gasteiger partial charge < -0.3 is 18.8 Å². The van der Waals surface area contributed by atoms with Gasteiger partial charge in [-0.05, 0) is 43.2 Å². The normalized spacial score (nSPS) is 10.8. The fraction of sp³-hybridized carbons (Fsp3) is 0.421. The van der Waals surface area contributed by atoms with Gasteiger partial charge in [0.25, 0.3) is 5.91 Å². The van der Waals surface area contributed by atoms with Crippen LogP contribution in [0.4, 0.5) is 0 Å². The topological polar surface area (TPSA) is 51.9 Å². The summed E-state index contributed by atoms with van der Waals surface area (Å²) in [5, 5.41) is 0. The predicted octanol–water partition coefficient (Wildman–Crippen LogP) is 3.90. The Morgan fingerprint density at radius 1 is 1.21 bits per heavy atom. The minimum atomic E-state index is -0.0993. The summed E-state index contributed by atoms with van der Waals surface area (Å²) in [6, 6.07) is 9.01. The minimum Gasteiger partial charge on any atom is -0.493 e. The van der Waals surface area contributed by atoms with Crippen LogP contribution < -0.4 is 9.47 Å². The van der Waals surface area contributed by atoms with E-state index in [1.54, 1.807) is 37.3 Å². The van der Waals surface area contributed by atoms with Gasteiger partial charge in [-0.1, -0.05) is 13.8 Å². The molecule has 0 aliphatic rings. The van der Waals surface area contributed by atoms with Gasteiger partial charge in [-0.25, -0.2) is 0 Å². The molecule has 0 spiro atoms. The maximum Gasteiger partial charge on any atom is 0.254 e. The van der Waals surface area contributed by atoms with Gasteiger partial charge in [-0.3, -0.25) is 4.79 Å². The van der Waals surface area contributed by atoms with E-state index in [0.29, 0.717) is 36.1 Å². The summed E-state index contributed by atoms with van der Waals surface area (Å²) in [5.41, 5.74) is 0.550. The number of furan rings is 1. The van der Waals surface area contributed by atoms with Crippen molar-refractivity contribution in [3.8, 4) is 11.5 Å². The standard InChI is InChI=1S/C19H25NO4/c1-13(2)12-23-17-9-7-15(10-18(17)22-5)19(21)20(4)11-16-8-6-14(3)24-16/h6-10,13H,11-12H2,1-5H3. The molecule has 5 heteroatoms. The number of rotatable bonds is 7. The van der Waals surface area contributed by atoms with Crippen molar-refractivity contribution in [1.29, 1.82) is 0 Å². The Balaban J connectivity index is 2.10. The summed E-state index contributed by atoms with van der Waals surface area (Å²) >= 11 is 0. The van der Waals surface area contributed by atoms with Crippen LogP contribution in [0.1, 0.15) is 35.7 Å². The SMILES string of the molecule is COc1cc(C(=O)N(C)Cc2ccc(C)o2)ccc1OCC(C)C. The van der Waals surface area contributed by atoms with Crippen molar-refractivity contribution < 1.29 is 18.7 Å². The molecule has 0 saturated heterocycles. The molecule has 0 fully saturated rings. The fourth-order valence-electron chi connectivity index (χ4n) is 2.27. The van der Waals surface area contributed by atoms with E-state index in [4.69, 9.17) is 13.9 Å². The number of ether oxygens (including phenoxy) is 2. The molecule has 0 atom stereocenters. The van der Waals surface area contributed by atoms with Crippen LogP contribution in [0.15, 0.2) is 34.7 Å². The lowest BCUT2D eigenvalue weighted by molar-refractivity contribution is 0.0774. The lowest BCUT2D eigenvalue weighted by atomic mass is 10.1. The summed E-state index contributed by atoms with van der Waals surface area (Å²) in [5.74, 6) is 3.11. The summed E-state index contributed by atoms with van der Waals surface area (Å²) in [4.78, 5) is 14.2. The van der Waals surface area contributed by atoms with Gasteiger partial charge in [0.2, 0.25) is 0 Å². The maximum atomic E-state index is 12.6. The second kappa shape index (κ2) is 7.90. The first-order chi connectivity index (χ1) is 11.4. The number of methoxy groups -OCH3 is 1. The molecule has 0 N–H and O–H groups in total. The molecule has 1 aromatic heterocycles. The minimum absolute atomic E-state index is 0.0993. The summed E-state index contributed by atoms with van der Waals surface area (Å²) in [6.07, 6.45) is 0. The third-order valence-corrected chi connectivity index (χ3v) is 3.52. The van der Waals surface area contributed by atoms with E-state index in [2.05, 4.69) is 13.8 Å². The molecule has 2 rings (SSSR count). The zero-order valence-corrected chi connectivity index (χ0v) is 15.0. The quantitative estimate of drug-likeness (QED) is 0.772. The number of carbonyl (C=O) groups is 1. The molecule has 0 unspecified atom stereocenters. The van der Waals surface area contributed by atoms with E-state index in [9.17, 15) is 4.79 Å². The Kier molecular flexibility index (Phi) is 5.90. The van der Waals surface area contributed by atoms with Gasteiger partial charge >= 0.3 is 0 Å². The van der Waals surface area contributed by atoms with Gasteiger partial charge in [0.05, 0.1) is 20.3 Å². The van der Waals surface area contributed by atoms with Crippen LogP contribution in [0, 0.1) is 12.8 Å². The van der Waals surface area contributed by atoms with Crippen LogP contribution in [-0.4, -0.2) is 31.6 Å². The van der Waals surface area contributed by atoms with Crippen molar-refractivity contribution in [2.75, 3.05) is 20.8 Å². The first kappa shape index (κ1) is 17.9. The molecule has 0 bridgehead atoms. The van der Waals surface area contributed by atoms with E-state index >= 15 is 0 Å². The van der Waals surface area contributed by atoms with E-state index < -0.39 is 0 Å². The van der Waals surface area contributed by atoms with Crippen molar-refractivity contribution in [2.24, 2.45) is 5.92 Å². The Bertz CT molecular complexity index is 690. The molecule has 0 radical (unpaired) electrons. The number of amides is 1. The first-order valence-electron chi connectivity index (χ1n) is 8.02. The van der Waals surface area contributed by atoms with E-state index in [1.807, 2.05) is 19.1 Å². The number of hydrogen-bond donors (Lipinski definition) is 0. The van der Waals surface area contributed by atoms with Crippen LogP contribution in [0.2, 0.25) is 0 Å². The molecule has 0 aliphatic heterocycles. The third kappa shape index (κ3) is 4.54. The van der Waals surface area contributed by atoms with Gasteiger partial charge in [0.15, 0.2) is 11.5 Å². The maximum absolute atomic E-state index is 12.6. The lowest BCUT2D eigenvalue weighted by Crippen LogP contribution is -2.26. The number of aryl methyl sites for hydroxylation is 1. The van der Waals surface area contributed by atoms with E-state index in [0.717, 1.165) is 11.5 Å². The van der Waals surface area contributed by atoms with Crippen LogP contribution in [-0.2, 0) is 6.54 Å². The van der Waals surface area contributed by atoms with Gasteiger partial charge in [-0.2, -0.15) is 0 Å². The highest BCUT2D eigenvalue weighted by molar-refractivity contribution is 5.94. The highest BCUT2D eigenvalue weighted by Gasteiger charge is 2.16. The molecule has 1 aromatic carbocycles. The van der Waals surface area contributed by atoms with E-state index in [-0.39, 0.29) is 5.91 Å². The summed E-state index contributed by atoms with van der Waals surface area (Å²) in [6.45, 7) is 7.05. The second-order valence-corrected chi connectivity index (χ2v) is 6.24. The smallest absolute Gasteiger partial charge is 0.254 e. The van der Waals surface area contributed by atoms with Crippen molar-refractivity contribution in [2.45, 2.75) is 27.3 Å². The Hall–Kier alpha value is -2.43. The van der Waals surface area contributed by atoms with Crippen molar-refractivity contribution >= 4 is 5.91 Å². The Morgan fingerprint density at radius 2 is 1.96 bits per heavy atom. The molecule has 5 nitrogen and oxygen atoms in total. The van der Waals surface area contributed by atoms with Crippen LogP contribution in [0.25, 0.3) is 0 Å². The first-order valence-corrected chi connectivity index (χ1v) is 8.02. The second-order valence-electron chi connectivity index (χ2n) is 6.24. The molecular formula is C19H25NO4. The lowest BCUT2D eigenvalue weighted by Gasteiger charge is -2.17. The van der Waals surface area contributed by atoms with Crippen LogP contribution in [0.3, 0.4) is 0 Å². The van der Waals surface area contributed by atoms with E-state index in [1.165, 1.54) is 0 Å². The van der Waals surface area contributed by atoms with Gasteiger partial charge in [0.1, 0.15) is 11.5 Å². The zero-order valence-electron chi connectivity index (χ0n) is 15.0. The van der Waals surface area contributed by atoms with Crippen molar-refractivity contribution in [3.05, 3.63) is 47.4 Å². The number of benzene rings is 1. The zero-order chi connectivity index (χ0) is 17.7. The molecule has 24 heavy (non-hydrogen) atoms. The molecule has 130 valence electrons. The number of hydrogen-bond acceptors (Lipinski definition) is 4. The van der Waals surface area contributed by atoms with Gasteiger partial charge in [0, 0.05) is 12.6 Å². The number of nitrogens with zero attached hydrogens (tertiary/aromatic N) is 1. The largest absolute Gasteiger partial charge is 0.493 e. The third-order valence-electron chi connectivity index (χ3n) is 3.52. The average Bonchev–Trinajstić information content (AvgIpc) is 2.96. The molecule has 1 amide bonds. The van der Waals surface area contributed by atoms with Crippen molar-refractivity contribution in [3.63, 3.8) is 0 Å². The summed E-state index contributed by atoms with van der Waals surface area (Å²) in [7, 11) is 3.32. The highest BCUT2D eigenvalue weighted by atomic mass is 16.5. The monoisotopic (exact) mass is 331 g/mol. The average molecular weight is 331 g/mol. The molecule has 2 aromatic rings. The molecular weight excluding hydrogens is 306 g/mol. The molecule has 1 heterocycles. The van der Waals surface area contributed by atoms with Crippen molar-refractivity contribution in [1.82, 2.24) is 4.90 Å². The fourth-order valence-corrected chi connectivity index (χ4v) is 2.27. The van der Waals surface area contributed by atoms with Crippen LogP contribution >= 0.6 is 0 Å². The Morgan fingerprint density at radius 3 is 2.54 bits per heavy atom. The summed E-state index contributed by atoms with van der Waals surface area (Å²) < 4.78 is 16.6. The van der Waals surface area contributed by atoms with Gasteiger partial charge in [-0.15, -0.1) is 0 Å².